The molecule has 28 heavy (non-hydrogen) atoms. The molecule has 0 heterocycles. The minimum Gasteiger partial charge on any atom is -0.310 e. The standard InChI is InChI=1S/C8H4F14O5S/c9-2(27-7(19,20)8(21,22)28(23,24)25)4(12,13)26-1-3(10,11)5(14,15)6(16,17)18/h2H,1H2,(H,23,24,25). The van der Waals surface area contributed by atoms with Crippen LogP contribution >= 0.6 is 0 Å². The van der Waals surface area contributed by atoms with Crippen molar-refractivity contribution in [2.75, 3.05) is 6.61 Å². The fourth-order valence-electron chi connectivity index (χ4n) is 0.968. The van der Waals surface area contributed by atoms with E-state index in [9.17, 15) is 69.9 Å². The average molecular weight is 478 g/mol. The monoisotopic (exact) mass is 478 g/mol. The Bertz CT molecular complexity index is 655. The summed E-state index contributed by atoms with van der Waals surface area (Å²) in [5.74, 6) is -13.6. The van der Waals surface area contributed by atoms with Gasteiger partial charge in [0.1, 0.15) is 6.61 Å². The van der Waals surface area contributed by atoms with Gasteiger partial charge in [-0.05, 0) is 0 Å². The quantitative estimate of drug-likeness (QED) is 0.403. The van der Waals surface area contributed by atoms with Gasteiger partial charge in [0.25, 0.3) is 6.36 Å². The van der Waals surface area contributed by atoms with E-state index in [1.165, 1.54) is 0 Å². The summed E-state index contributed by atoms with van der Waals surface area (Å²) in [6.45, 7) is -3.68. The molecule has 20 heteroatoms. The highest BCUT2D eigenvalue weighted by molar-refractivity contribution is 7.86. The lowest BCUT2D eigenvalue weighted by Gasteiger charge is -2.31. The van der Waals surface area contributed by atoms with Gasteiger partial charge in [0.2, 0.25) is 0 Å². The molecule has 1 N–H and O–H groups in total. The maximum absolute atomic E-state index is 12.9. The second kappa shape index (κ2) is 7.27. The lowest BCUT2D eigenvalue weighted by molar-refractivity contribution is -0.427. The van der Waals surface area contributed by atoms with E-state index in [0.29, 0.717) is 0 Å². The van der Waals surface area contributed by atoms with Gasteiger partial charge >= 0.3 is 45.6 Å². The third-order valence-corrected chi connectivity index (χ3v) is 3.33. The molecule has 0 aliphatic carbocycles. The van der Waals surface area contributed by atoms with Gasteiger partial charge in [0, 0.05) is 0 Å². The molecule has 0 rings (SSSR count). The van der Waals surface area contributed by atoms with Crippen LogP contribution in [0.5, 0.6) is 0 Å². The molecular formula is C8H4F14O5S. The van der Waals surface area contributed by atoms with Gasteiger partial charge in [0.05, 0.1) is 0 Å². The third-order valence-electron chi connectivity index (χ3n) is 2.44. The van der Waals surface area contributed by atoms with Crippen LogP contribution in [0.15, 0.2) is 0 Å². The smallest absolute Gasteiger partial charge is 0.310 e. The molecule has 1 atom stereocenters. The molecule has 0 spiro atoms. The van der Waals surface area contributed by atoms with Crippen molar-refractivity contribution in [2.24, 2.45) is 0 Å². The van der Waals surface area contributed by atoms with Crippen LogP contribution in [0.4, 0.5) is 61.5 Å². The number of hydrogen-bond acceptors (Lipinski definition) is 4. The van der Waals surface area contributed by atoms with E-state index in [4.69, 9.17) is 4.55 Å². The summed E-state index contributed by atoms with van der Waals surface area (Å²) in [6.07, 6.45) is -25.5. The average Bonchev–Trinajstić information content (AvgIpc) is 2.42. The topological polar surface area (TPSA) is 72.8 Å². The minimum atomic E-state index is -7.13. The number of halogens is 14. The van der Waals surface area contributed by atoms with Crippen LogP contribution in [-0.4, -0.2) is 61.4 Å². The van der Waals surface area contributed by atoms with E-state index in [2.05, 4.69) is 4.74 Å². The lowest BCUT2D eigenvalue weighted by atomic mass is 10.2. The molecule has 0 aliphatic rings. The molecule has 5 nitrogen and oxygen atoms in total. The molecule has 1 unspecified atom stereocenters. The van der Waals surface area contributed by atoms with Crippen LogP contribution in [0.3, 0.4) is 0 Å². The largest absolute Gasteiger partial charge is 0.460 e. The van der Waals surface area contributed by atoms with Crippen molar-refractivity contribution in [3.63, 3.8) is 0 Å². The molecule has 0 aliphatic heterocycles. The third kappa shape index (κ3) is 5.06. The molecule has 0 fully saturated rings. The highest BCUT2D eigenvalue weighted by atomic mass is 32.2. The molecule has 0 radical (unpaired) electrons. The SMILES string of the molecule is O=S(=O)(O)C(F)(F)C(F)(F)OC(F)C(F)(F)OCC(F)(F)C(F)(F)C(F)(F)F. The number of alkyl halides is 14. The van der Waals surface area contributed by atoms with Crippen LogP contribution in [0.25, 0.3) is 0 Å². The van der Waals surface area contributed by atoms with Crippen LogP contribution < -0.4 is 0 Å². The van der Waals surface area contributed by atoms with Crippen LogP contribution in [0.1, 0.15) is 0 Å². The normalized spacial score (nSPS) is 17.0. The summed E-state index contributed by atoms with van der Waals surface area (Å²) in [5, 5.41) is -6.78. The van der Waals surface area contributed by atoms with E-state index in [1.807, 2.05) is 4.74 Å². The van der Waals surface area contributed by atoms with Crippen molar-refractivity contribution in [1.29, 1.82) is 0 Å². The van der Waals surface area contributed by atoms with E-state index < -0.39 is 58.6 Å². The van der Waals surface area contributed by atoms with Gasteiger partial charge < -0.3 is 4.74 Å². The van der Waals surface area contributed by atoms with Crippen molar-refractivity contribution in [2.45, 2.75) is 41.9 Å². The zero-order valence-corrected chi connectivity index (χ0v) is 12.9. The maximum Gasteiger partial charge on any atom is 0.460 e. The van der Waals surface area contributed by atoms with Crippen LogP contribution in [0, 0.1) is 0 Å². The summed E-state index contributed by atoms with van der Waals surface area (Å²) in [6, 6.07) is 0. The van der Waals surface area contributed by atoms with Crippen molar-refractivity contribution in [3.05, 3.63) is 0 Å². The van der Waals surface area contributed by atoms with E-state index in [0.717, 1.165) is 0 Å². The Kier molecular flexibility index (Phi) is 6.97. The first-order valence-electron chi connectivity index (χ1n) is 5.72. The number of hydrogen-bond donors (Lipinski definition) is 1. The van der Waals surface area contributed by atoms with Gasteiger partial charge in [-0.15, -0.1) is 0 Å². The fraction of sp³-hybridized carbons (Fsp3) is 1.00. The molecular weight excluding hydrogens is 474 g/mol. The number of rotatable bonds is 9. The summed E-state index contributed by atoms with van der Waals surface area (Å²) >= 11 is 0. The second-order valence-electron chi connectivity index (χ2n) is 4.57. The van der Waals surface area contributed by atoms with Crippen molar-refractivity contribution < 1.29 is 83.9 Å². The van der Waals surface area contributed by atoms with E-state index in [-0.39, 0.29) is 0 Å². The van der Waals surface area contributed by atoms with Crippen molar-refractivity contribution in [3.8, 4) is 0 Å². The first kappa shape index (κ1) is 26.9. The summed E-state index contributed by atoms with van der Waals surface area (Å²) in [5.41, 5.74) is 0. The lowest BCUT2D eigenvalue weighted by Crippen LogP contribution is -2.56. The zero-order chi connectivity index (χ0) is 23.2. The number of ether oxygens (including phenoxy) is 2. The van der Waals surface area contributed by atoms with Gasteiger partial charge in [-0.3, -0.25) is 9.29 Å². The Morgan fingerprint density at radius 3 is 1.54 bits per heavy atom. The Labute approximate surface area is 143 Å². The highest BCUT2D eigenvalue weighted by Crippen LogP contribution is 2.47. The van der Waals surface area contributed by atoms with E-state index >= 15 is 0 Å². The highest BCUT2D eigenvalue weighted by Gasteiger charge is 2.74. The predicted octanol–water partition coefficient (Wildman–Crippen LogP) is 3.81. The van der Waals surface area contributed by atoms with E-state index in [1.54, 1.807) is 0 Å². The first-order chi connectivity index (χ1) is 11.8. The molecule has 0 saturated carbocycles. The molecule has 0 aromatic rings. The van der Waals surface area contributed by atoms with Gasteiger partial charge in [-0.25, -0.2) is 4.39 Å². The van der Waals surface area contributed by atoms with Crippen LogP contribution in [-0.2, 0) is 19.6 Å². The molecule has 170 valence electrons. The molecule has 0 bridgehead atoms. The Morgan fingerprint density at radius 2 is 1.21 bits per heavy atom. The van der Waals surface area contributed by atoms with Gasteiger partial charge in [0.15, 0.2) is 0 Å². The summed E-state index contributed by atoms with van der Waals surface area (Å²) in [7, 11) is -7.13. The molecule has 0 saturated heterocycles. The zero-order valence-electron chi connectivity index (χ0n) is 12.1. The summed E-state index contributed by atoms with van der Waals surface area (Å²) < 4.78 is 207. The maximum atomic E-state index is 12.9. The predicted molar refractivity (Wildman–Crippen MR) is 54.3 cm³/mol. The summed E-state index contributed by atoms with van der Waals surface area (Å²) in [4.78, 5) is 0. The van der Waals surface area contributed by atoms with Crippen molar-refractivity contribution in [1.82, 2.24) is 0 Å². The molecule has 0 amide bonds. The van der Waals surface area contributed by atoms with Gasteiger partial charge in [-0.1, -0.05) is 0 Å². The molecule has 0 aromatic heterocycles. The van der Waals surface area contributed by atoms with Crippen LogP contribution in [0.2, 0.25) is 0 Å². The Hall–Kier alpha value is -1.15. The fourth-order valence-corrected chi connectivity index (χ4v) is 1.32. The first-order valence-corrected chi connectivity index (χ1v) is 7.16. The minimum absolute atomic E-state index is 1.99. The molecule has 0 aromatic carbocycles. The van der Waals surface area contributed by atoms with Gasteiger partial charge in [-0.2, -0.15) is 65.5 Å². The Balaban J connectivity index is 5.43. The van der Waals surface area contributed by atoms with Crippen molar-refractivity contribution >= 4 is 10.1 Å². The second-order valence-corrected chi connectivity index (χ2v) is 6.03. The Morgan fingerprint density at radius 1 is 0.821 bits per heavy atom.